The predicted molar refractivity (Wildman–Crippen MR) is 57.7 cm³/mol. The van der Waals surface area contributed by atoms with Crippen molar-refractivity contribution in [1.29, 1.82) is 0 Å². The number of thioether (sulfide) groups is 1. The van der Waals surface area contributed by atoms with E-state index in [-0.39, 0.29) is 24.7 Å². The van der Waals surface area contributed by atoms with E-state index in [1.165, 1.54) is 0 Å². The highest BCUT2D eigenvalue weighted by molar-refractivity contribution is 7.99. The van der Waals surface area contributed by atoms with E-state index in [0.29, 0.717) is 19.7 Å². The Balaban J connectivity index is 1.88. The van der Waals surface area contributed by atoms with Crippen LogP contribution in [0.15, 0.2) is 0 Å². The van der Waals surface area contributed by atoms with Crippen LogP contribution in [0.2, 0.25) is 0 Å². The van der Waals surface area contributed by atoms with Gasteiger partial charge < -0.3 is 14.7 Å². The second-order valence-electron chi connectivity index (χ2n) is 3.73. The van der Waals surface area contributed by atoms with Gasteiger partial charge in [-0.3, -0.25) is 10.1 Å². The van der Waals surface area contributed by atoms with Crippen LogP contribution in [0.5, 0.6) is 0 Å². The zero-order valence-corrected chi connectivity index (χ0v) is 9.33. The van der Waals surface area contributed by atoms with Gasteiger partial charge in [0.05, 0.1) is 25.4 Å². The van der Waals surface area contributed by atoms with Crippen molar-refractivity contribution in [3.63, 3.8) is 0 Å². The Morgan fingerprint density at radius 3 is 3.20 bits per heavy atom. The molecule has 2 N–H and O–H groups in total. The van der Waals surface area contributed by atoms with Crippen LogP contribution in [0.4, 0.5) is 0 Å². The van der Waals surface area contributed by atoms with E-state index in [1.54, 1.807) is 16.7 Å². The summed E-state index contributed by atoms with van der Waals surface area (Å²) in [7, 11) is 0. The fourth-order valence-corrected chi connectivity index (χ4v) is 2.74. The van der Waals surface area contributed by atoms with E-state index in [1.807, 2.05) is 0 Å². The van der Waals surface area contributed by atoms with Crippen LogP contribution in [0.3, 0.4) is 0 Å². The number of carbonyl (C=O) groups is 1. The van der Waals surface area contributed by atoms with Gasteiger partial charge >= 0.3 is 0 Å². The number of ether oxygens (including phenoxy) is 1. The molecule has 1 unspecified atom stereocenters. The minimum Gasteiger partial charge on any atom is -0.394 e. The van der Waals surface area contributed by atoms with Crippen molar-refractivity contribution in [2.24, 2.45) is 0 Å². The Kier molecular flexibility index (Phi) is 3.85. The molecule has 0 aromatic rings. The molecule has 2 atom stereocenters. The third-order valence-electron chi connectivity index (χ3n) is 2.67. The molecule has 0 saturated carbocycles. The third kappa shape index (κ3) is 2.63. The first-order valence-electron chi connectivity index (χ1n) is 5.13. The number of aliphatic hydroxyl groups is 1. The highest BCUT2D eigenvalue weighted by Crippen LogP contribution is 2.14. The number of amides is 1. The van der Waals surface area contributed by atoms with Gasteiger partial charge in [-0.15, -0.1) is 11.8 Å². The molecule has 2 aliphatic heterocycles. The molecule has 0 spiro atoms. The van der Waals surface area contributed by atoms with Crippen LogP contribution in [-0.4, -0.2) is 66.0 Å². The summed E-state index contributed by atoms with van der Waals surface area (Å²) in [6, 6.07) is -0.0487. The fourth-order valence-electron chi connectivity index (χ4n) is 1.80. The first-order valence-corrected chi connectivity index (χ1v) is 6.29. The maximum absolute atomic E-state index is 12.0. The first kappa shape index (κ1) is 11.2. The van der Waals surface area contributed by atoms with Crippen LogP contribution < -0.4 is 5.32 Å². The number of nitrogens with zero attached hydrogens (tertiary/aromatic N) is 1. The van der Waals surface area contributed by atoms with Gasteiger partial charge in [0.25, 0.3) is 0 Å². The van der Waals surface area contributed by atoms with E-state index < -0.39 is 0 Å². The highest BCUT2D eigenvalue weighted by atomic mass is 32.2. The number of morpholine rings is 1. The number of carbonyl (C=O) groups excluding carboxylic acids is 1. The lowest BCUT2D eigenvalue weighted by Crippen LogP contribution is -2.52. The maximum atomic E-state index is 12.0. The second-order valence-corrected chi connectivity index (χ2v) is 4.76. The van der Waals surface area contributed by atoms with Gasteiger partial charge in [0.1, 0.15) is 0 Å². The van der Waals surface area contributed by atoms with Crippen LogP contribution in [0.1, 0.15) is 0 Å². The lowest BCUT2D eigenvalue weighted by Gasteiger charge is -2.33. The predicted octanol–water partition coefficient (Wildman–Crippen LogP) is -1.13. The molecule has 15 heavy (non-hydrogen) atoms. The molecule has 2 fully saturated rings. The summed E-state index contributed by atoms with van der Waals surface area (Å²) in [5, 5.41) is 12.1. The molecule has 0 aliphatic carbocycles. The fraction of sp³-hybridized carbons (Fsp3) is 0.889. The van der Waals surface area contributed by atoms with Crippen LogP contribution in [0, 0.1) is 0 Å². The quantitative estimate of drug-likeness (QED) is 0.631. The van der Waals surface area contributed by atoms with Crippen LogP contribution >= 0.6 is 11.8 Å². The summed E-state index contributed by atoms with van der Waals surface area (Å²) in [4.78, 5) is 13.8. The number of nitrogens with one attached hydrogen (secondary N) is 1. The Morgan fingerprint density at radius 2 is 2.53 bits per heavy atom. The molecule has 0 aromatic heterocycles. The summed E-state index contributed by atoms with van der Waals surface area (Å²) >= 11 is 1.74. The number of hydrogen-bond donors (Lipinski definition) is 2. The van der Waals surface area contributed by atoms with Gasteiger partial charge in [-0.2, -0.15) is 0 Å². The molecule has 1 amide bonds. The van der Waals surface area contributed by atoms with E-state index >= 15 is 0 Å². The van der Waals surface area contributed by atoms with Gasteiger partial charge in [-0.05, 0) is 0 Å². The highest BCUT2D eigenvalue weighted by Gasteiger charge is 2.30. The summed E-state index contributed by atoms with van der Waals surface area (Å²) in [5.41, 5.74) is 0. The smallest absolute Gasteiger partial charge is 0.240 e. The molecule has 0 bridgehead atoms. The average Bonchev–Trinajstić information content (AvgIpc) is 2.81. The summed E-state index contributed by atoms with van der Waals surface area (Å²) < 4.78 is 5.30. The van der Waals surface area contributed by atoms with Gasteiger partial charge in [0.15, 0.2) is 0 Å². The SMILES string of the molecule is O=C([C@H]1CSCN1)N1CCOC(CO)C1. The minimum absolute atomic E-state index is 0.0172. The van der Waals surface area contributed by atoms with E-state index in [4.69, 9.17) is 9.84 Å². The largest absolute Gasteiger partial charge is 0.394 e. The Bertz CT molecular complexity index is 233. The van der Waals surface area contributed by atoms with Crippen molar-refractivity contribution < 1.29 is 14.6 Å². The van der Waals surface area contributed by atoms with Crippen molar-refractivity contribution in [1.82, 2.24) is 10.2 Å². The lowest BCUT2D eigenvalue weighted by molar-refractivity contribution is -0.141. The normalized spacial score (nSPS) is 31.9. The molecule has 5 nitrogen and oxygen atoms in total. The van der Waals surface area contributed by atoms with Gasteiger partial charge in [0, 0.05) is 24.7 Å². The molecule has 2 saturated heterocycles. The molecule has 0 radical (unpaired) electrons. The molecule has 6 heteroatoms. The maximum Gasteiger partial charge on any atom is 0.240 e. The van der Waals surface area contributed by atoms with Gasteiger partial charge in [0.2, 0.25) is 5.91 Å². The molecular formula is C9H16N2O3S. The molecule has 2 heterocycles. The lowest BCUT2D eigenvalue weighted by atomic mass is 10.2. The average molecular weight is 232 g/mol. The Morgan fingerprint density at radius 1 is 1.67 bits per heavy atom. The summed E-state index contributed by atoms with van der Waals surface area (Å²) in [6.07, 6.45) is -0.211. The number of hydrogen-bond acceptors (Lipinski definition) is 5. The summed E-state index contributed by atoms with van der Waals surface area (Å²) in [5.74, 6) is 1.84. The van der Waals surface area contributed by atoms with E-state index in [2.05, 4.69) is 5.32 Å². The Hall–Kier alpha value is -0.300. The van der Waals surface area contributed by atoms with Crippen molar-refractivity contribution in [2.75, 3.05) is 37.9 Å². The zero-order chi connectivity index (χ0) is 10.7. The molecule has 2 aliphatic rings. The van der Waals surface area contributed by atoms with Crippen molar-refractivity contribution in [2.45, 2.75) is 12.1 Å². The standard InChI is InChI=1S/C9H16N2O3S/c12-4-7-3-11(1-2-14-7)9(13)8-5-15-6-10-8/h7-8,10,12H,1-6H2/t7?,8-/m1/s1. The molecule has 2 rings (SSSR count). The molecule has 86 valence electrons. The van der Waals surface area contributed by atoms with Crippen LogP contribution in [0.25, 0.3) is 0 Å². The van der Waals surface area contributed by atoms with Gasteiger partial charge in [-0.25, -0.2) is 0 Å². The van der Waals surface area contributed by atoms with Crippen molar-refractivity contribution >= 4 is 17.7 Å². The topological polar surface area (TPSA) is 61.8 Å². The third-order valence-corrected chi connectivity index (χ3v) is 3.61. The Labute approximate surface area is 93.1 Å². The molecular weight excluding hydrogens is 216 g/mol. The monoisotopic (exact) mass is 232 g/mol. The zero-order valence-electron chi connectivity index (χ0n) is 8.52. The van der Waals surface area contributed by atoms with E-state index in [0.717, 1.165) is 11.6 Å². The number of aliphatic hydroxyl groups excluding tert-OH is 1. The van der Waals surface area contributed by atoms with Crippen molar-refractivity contribution in [3.8, 4) is 0 Å². The van der Waals surface area contributed by atoms with Crippen LogP contribution in [-0.2, 0) is 9.53 Å². The van der Waals surface area contributed by atoms with Crippen molar-refractivity contribution in [3.05, 3.63) is 0 Å². The second kappa shape index (κ2) is 5.16. The minimum atomic E-state index is -0.211. The number of rotatable bonds is 2. The summed E-state index contributed by atoms with van der Waals surface area (Å²) in [6.45, 7) is 1.66. The molecule has 0 aromatic carbocycles. The van der Waals surface area contributed by atoms with Gasteiger partial charge in [-0.1, -0.05) is 0 Å². The van der Waals surface area contributed by atoms with E-state index in [9.17, 15) is 4.79 Å². The first-order chi connectivity index (χ1) is 7.31.